The molecule has 8 heteroatoms. The van der Waals surface area contributed by atoms with Crippen molar-refractivity contribution in [3.8, 4) is 0 Å². The number of nitrogens with one attached hydrogen (secondary N) is 1. The van der Waals surface area contributed by atoms with E-state index in [2.05, 4.69) is 5.32 Å². The molecular weight excluding hydrogens is 188 g/mol. The number of hydrogen-bond donors (Lipinski definition) is 4. The van der Waals surface area contributed by atoms with Crippen LogP contribution in [0.15, 0.2) is 0 Å². The molecule has 0 amide bonds. The van der Waals surface area contributed by atoms with Crippen LogP contribution in [0.1, 0.15) is 0 Å². The van der Waals surface area contributed by atoms with Crippen LogP contribution in [0.3, 0.4) is 0 Å². The van der Waals surface area contributed by atoms with E-state index >= 15 is 0 Å². The van der Waals surface area contributed by atoms with Crippen molar-refractivity contribution >= 4 is 30.9 Å². The molecule has 0 unspecified atom stereocenters. The van der Waals surface area contributed by atoms with E-state index in [1.807, 2.05) is 0 Å². The highest BCUT2D eigenvalue weighted by atomic mass is 31.2. The number of hydrogen-bond acceptors (Lipinski definition) is 3. The minimum Gasteiger partial charge on any atom is -0.480 e. The third-order valence-corrected chi connectivity index (χ3v) is 1.23. The van der Waals surface area contributed by atoms with E-state index in [1.165, 1.54) is 0 Å². The Morgan fingerprint density at radius 1 is 1.45 bits per heavy atom. The molecule has 4 N–H and O–H groups in total. The quantitative estimate of drug-likeness (QED) is 0.297. The Kier molecular flexibility index (Phi) is 7.12. The number of aliphatic carboxylic acids is 1. The van der Waals surface area contributed by atoms with Crippen LogP contribution in [0, 0.1) is 0 Å². The summed E-state index contributed by atoms with van der Waals surface area (Å²) in [5.41, 5.74) is 0. The molecule has 0 spiro atoms. The average molecular weight is 199 g/mol. The van der Waals surface area contributed by atoms with Crippen LogP contribution in [0.4, 0.5) is 0 Å². The van der Waals surface area contributed by atoms with Crippen molar-refractivity contribution in [2.24, 2.45) is 0 Å². The summed E-state index contributed by atoms with van der Waals surface area (Å²) in [6, 6.07) is 0. The summed E-state index contributed by atoms with van der Waals surface area (Å²) < 4.78 is 10.1. The van der Waals surface area contributed by atoms with E-state index in [0.29, 0.717) is 0 Å². The minimum atomic E-state index is -4.10. The second-order valence-electron chi connectivity index (χ2n) is 1.64. The molecule has 0 aromatic heterocycles. The molecule has 66 valence electrons. The summed E-state index contributed by atoms with van der Waals surface area (Å²) >= 11 is 0. The molecule has 0 bridgehead atoms. The van der Waals surface area contributed by atoms with E-state index in [1.54, 1.807) is 0 Å². The summed E-state index contributed by atoms with van der Waals surface area (Å²) in [5.74, 6) is -1.14. The third-order valence-electron chi connectivity index (χ3n) is 0.594. The minimum absolute atomic E-state index is 0. The molecule has 0 aromatic rings. The fourth-order valence-electron chi connectivity index (χ4n) is 0.308. The molecule has 11 heavy (non-hydrogen) atoms. The van der Waals surface area contributed by atoms with Gasteiger partial charge < -0.3 is 14.9 Å². The molecule has 0 saturated heterocycles. The standard InChI is InChI=1S/C3H8NO5P.Al.3H/c5-3(6)1-4-2-10(7,8)9;;;;/h4H,1-2H2,(H,5,6)(H2,7,8,9);;;;. The maximum Gasteiger partial charge on any atom is 0.339 e. The number of carboxylic acid groups (broad SMARTS) is 1. The SMILES string of the molecule is O=C(O)CNCP(=O)(O)O.[AlH3]. The second kappa shape index (κ2) is 5.72. The van der Waals surface area contributed by atoms with Crippen LogP contribution in [0.2, 0.25) is 0 Å². The number of rotatable bonds is 4. The molecule has 0 rings (SSSR count). The lowest BCUT2D eigenvalue weighted by Gasteiger charge is -2.02. The van der Waals surface area contributed by atoms with Gasteiger partial charge >= 0.3 is 13.6 Å². The summed E-state index contributed by atoms with van der Waals surface area (Å²) in [7, 11) is -4.10. The first-order valence-corrected chi connectivity index (χ1v) is 4.18. The van der Waals surface area contributed by atoms with E-state index in [9.17, 15) is 9.36 Å². The van der Waals surface area contributed by atoms with Gasteiger partial charge in [-0.05, 0) is 0 Å². The van der Waals surface area contributed by atoms with Crippen LogP contribution in [-0.2, 0) is 9.36 Å². The molecule has 0 aromatic carbocycles. The van der Waals surface area contributed by atoms with Gasteiger partial charge in [-0.15, -0.1) is 0 Å². The summed E-state index contributed by atoms with van der Waals surface area (Å²) in [4.78, 5) is 26.1. The van der Waals surface area contributed by atoms with Gasteiger partial charge in [-0.25, -0.2) is 0 Å². The van der Waals surface area contributed by atoms with E-state index in [0.717, 1.165) is 0 Å². The topological polar surface area (TPSA) is 107 Å². The Morgan fingerprint density at radius 2 is 1.91 bits per heavy atom. The van der Waals surface area contributed by atoms with Gasteiger partial charge in [0.05, 0.1) is 12.8 Å². The molecule has 6 nitrogen and oxygen atoms in total. The summed E-state index contributed by atoms with van der Waals surface area (Å²) in [6.07, 6.45) is -0.598. The Labute approximate surface area is 73.9 Å². The Balaban J connectivity index is 0. The third kappa shape index (κ3) is 13.2. The highest BCUT2D eigenvalue weighted by Crippen LogP contribution is 2.31. The van der Waals surface area contributed by atoms with Crippen LogP contribution < -0.4 is 5.32 Å². The average Bonchev–Trinajstić information content (AvgIpc) is 1.59. The van der Waals surface area contributed by atoms with Crippen molar-refractivity contribution in [3.05, 3.63) is 0 Å². The van der Waals surface area contributed by atoms with Crippen molar-refractivity contribution in [3.63, 3.8) is 0 Å². The molecule has 0 aliphatic rings. The van der Waals surface area contributed by atoms with Gasteiger partial charge in [0.2, 0.25) is 0 Å². The number of carboxylic acids is 1. The Bertz CT molecular complexity index is 167. The molecule has 0 aliphatic heterocycles. The van der Waals surface area contributed by atoms with Crippen molar-refractivity contribution in [1.82, 2.24) is 5.32 Å². The molecule has 0 saturated carbocycles. The van der Waals surface area contributed by atoms with Crippen LogP contribution in [0.5, 0.6) is 0 Å². The molecular formula is C3H11AlNO5P. The van der Waals surface area contributed by atoms with Gasteiger partial charge in [-0.2, -0.15) is 0 Å². The van der Waals surface area contributed by atoms with Gasteiger partial charge in [-0.1, -0.05) is 0 Å². The Morgan fingerprint density at radius 3 is 2.18 bits per heavy atom. The Hall–Kier alpha value is 0.112. The summed E-state index contributed by atoms with van der Waals surface area (Å²) in [6.45, 7) is -0.439. The maximum atomic E-state index is 10.1. The molecule has 0 aliphatic carbocycles. The predicted octanol–water partition coefficient (Wildman–Crippen LogP) is -2.39. The van der Waals surface area contributed by atoms with Crippen molar-refractivity contribution in [2.75, 3.05) is 12.8 Å². The molecule has 0 atom stereocenters. The fraction of sp³-hybridized carbons (Fsp3) is 0.667. The van der Waals surface area contributed by atoms with Gasteiger partial charge in [0.1, 0.15) is 0 Å². The zero-order chi connectivity index (χ0) is 8.20. The maximum absolute atomic E-state index is 10.1. The van der Waals surface area contributed by atoms with Gasteiger partial charge in [0.25, 0.3) is 0 Å². The number of carbonyl (C=O) groups is 1. The fourth-order valence-corrected chi connectivity index (χ4v) is 0.712. The van der Waals surface area contributed by atoms with Gasteiger partial charge in [0.15, 0.2) is 17.4 Å². The first-order valence-electron chi connectivity index (χ1n) is 2.39. The largest absolute Gasteiger partial charge is 0.480 e. The lowest BCUT2D eigenvalue weighted by Crippen LogP contribution is -2.23. The van der Waals surface area contributed by atoms with Gasteiger partial charge in [0, 0.05) is 0 Å². The van der Waals surface area contributed by atoms with Crippen molar-refractivity contribution in [1.29, 1.82) is 0 Å². The first kappa shape index (κ1) is 13.7. The molecule has 0 radical (unpaired) electrons. The van der Waals surface area contributed by atoms with Crippen molar-refractivity contribution < 1.29 is 24.3 Å². The van der Waals surface area contributed by atoms with E-state index in [4.69, 9.17) is 14.9 Å². The van der Waals surface area contributed by atoms with E-state index < -0.39 is 26.4 Å². The van der Waals surface area contributed by atoms with Gasteiger partial charge in [-0.3, -0.25) is 14.7 Å². The lowest BCUT2D eigenvalue weighted by atomic mass is 10.7. The zero-order valence-corrected chi connectivity index (χ0v) is 5.91. The zero-order valence-electron chi connectivity index (χ0n) is 5.02. The van der Waals surface area contributed by atoms with Crippen molar-refractivity contribution in [2.45, 2.75) is 0 Å². The predicted molar refractivity (Wildman–Crippen MR) is 42.5 cm³/mol. The second-order valence-corrected chi connectivity index (χ2v) is 3.29. The van der Waals surface area contributed by atoms with Crippen LogP contribution in [-0.4, -0.2) is 51.1 Å². The highest BCUT2D eigenvalue weighted by molar-refractivity contribution is 7.51. The highest BCUT2D eigenvalue weighted by Gasteiger charge is 2.11. The summed E-state index contributed by atoms with van der Waals surface area (Å²) in [5, 5.41) is 10.1. The van der Waals surface area contributed by atoms with E-state index in [-0.39, 0.29) is 17.4 Å². The lowest BCUT2D eigenvalue weighted by molar-refractivity contribution is -0.135. The van der Waals surface area contributed by atoms with Crippen LogP contribution in [0.25, 0.3) is 0 Å². The monoisotopic (exact) mass is 199 g/mol. The first-order chi connectivity index (χ1) is 4.42. The molecule has 0 heterocycles. The smallest absolute Gasteiger partial charge is 0.339 e. The normalized spacial score (nSPS) is 10.4. The molecule has 0 fully saturated rings. The van der Waals surface area contributed by atoms with Crippen LogP contribution >= 0.6 is 7.60 Å².